The van der Waals surface area contributed by atoms with Gasteiger partial charge in [0, 0.05) is 17.0 Å². The average molecular weight is 265 g/mol. The van der Waals surface area contributed by atoms with Crippen molar-refractivity contribution in [3.05, 3.63) is 35.4 Å². The van der Waals surface area contributed by atoms with Crippen LogP contribution in [0.4, 0.5) is 0 Å². The molecule has 0 aliphatic heterocycles. The first-order chi connectivity index (χ1) is 8.72. The number of methoxy groups -OCH3 is 1. The fraction of sp³-hybridized carbons (Fsp3) is 0.500. The molecule has 1 aliphatic carbocycles. The molecule has 0 aromatic heterocycles. The number of nitrogens with two attached hydrogens (primary N) is 1. The molecule has 98 valence electrons. The van der Waals surface area contributed by atoms with Gasteiger partial charge in [0.2, 0.25) is 0 Å². The van der Waals surface area contributed by atoms with Crippen molar-refractivity contribution < 1.29 is 9.53 Å². The number of carbonyl (C=O) groups is 1. The lowest BCUT2D eigenvalue weighted by molar-refractivity contribution is -0.140. The van der Waals surface area contributed by atoms with Gasteiger partial charge in [-0.05, 0) is 24.0 Å². The molecule has 2 N–H and O–H groups in total. The summed E-state index contributed by atoms with van der Waals surface area (Å²) in [5.74, 6) is 0.639. The second-order valence-corrected chi connectivity index (χ2v) is 5.85. The fourth-order valence-electron chi connectivity index (χ4n) is 2.35. The first-order valence-corrected chi connectivity index (χ1v) is 7.29. The normalized spacial score (nSPS) is 22.3. The van der Waals surface area contributed by atoms with Crippen molar-refractivity contribution >= 4 is 17.7 Å². The molecule has 2 unspecified atom stereocenters. The van der Waals surface area contributed by atoms with Gasteiger partial charge in [0.15, 0.2) is 0 Å². The fourth-order valence-corrected chi connectivity index (χ4v) is 3.57. The minimum atomic E-state index is -0.146. The zero-order valence-electron chi connectivity index (χ0n) is 10.6. The second-order valence-electron chi connectivity index (χ2n) is 4.50. The summed E-state index contributed by atoms with van der Waals surface area (Å²) in [6, 6.07) is 8.46. The largest absolute Gasteiger partial charge is 0.469 e. The minimum Gasteiger partial charge on any atom is -0.469 e. The van der Waals surface area contributed by atoms with Crippen molar-refractivity contribution in [2.75, 3.05) is 12.9 Å². The standard InChI is InChI=1S/C14H19NO2S/c1-17-13(16)8-9-18-12-7-6-10-4-2-3-5-11(10)14(12)15/h2-5,12,14H,6-9,15H2,1H3. The Morgan fingerprint density at radius 3 is 3.06 bits per heavy atom. The highest BCUT2D eigenvalue weighted by molar-refractivity contribution is 7.99. The topological polar surface area (TPSA) is 52.3 Å². The highest BCUT2D eigenvalue weighted by Gasteiger charge is 2.26. The third-order valence-corrected chi connectivity index (χ3v) is 4.78. The maximum atomic E-state index is 11.1. The zero-order valence-corrected chi connectivity index (χ0v) is 11.4. The van der Waals surface area contributed by atoms with Gasteiger partial charge < -0.3 is 10.5 Å². The number of benzene rings is 1. The van der Waals surface area contributed by atoms with Crippen LogP contribution >= 0.6 is 11.8 Å². The summed E-state index contributed by atoms with van der Waals surface area (Å²) in [5, 5.41) is 0.407. The molecule has 1 aromatic carbocycles. The van der Waals surface area contributed by atoms with Gasteiger partial charge in [-0.1, -0.05) is 24.3 Å². The van der Waals surface area contributed by atoms with Gasteiger partial charge in [0.25, 0.3) is 0 Å². The Kier molecular flexibility index (Phi) is 4.66. The first-order valence-electron chi connectivity index (χ1n) is 6.24. The molecular formula is C14H19NO2S. The second kappa shape index (κ2) is 6.25. The highest BCUT2D eigenvalue weighted by Crippen LogP contribution is 2.35. The summed E-state index contributed by atoms with van der Waals surface area (Å²) in [4.78, 5) is 11.1. The summed E-state index contributed by atoms with van der Waals surface area (Å²) in [5.41, 5.74) is 8.94. The molecule has 0 fully saturated rings. The van der Waals surface area contributed by atoms with Gasteiger partial charge in [-0.25, -0.2) is 0 Å². The van der Waals surface area contributed by atoms with E-state index >= 15 is 0 Å². The maximum Gasteiger partial charge on any atom is 0.306 e. The first kappa shape index (κ1) is 13.4. The predicted octanol–water partition coefficient (Wildman–Crippen LogP) is 2.30. The molecule has 0 heterocycles. The average Bonchev–Trinajstić information content (AvgIpc) is 2.41. The number of fused-ring (bicyclic) bond motifs is 1. The van der Waals surface area contributed by atoms with Crippen molar-refractivity contribution in [1.29, 1.82) is 0 Å². The number of thioether (sulfide) groups is 1. The number of aryl methyl sites for hydroxylation is 1. The van der Waals surface area contributed by atoms with Crippen LogP contribution in [-0.4, -0.2) is 24.1 Å². The van der Waals surface area contributed by atoms with E-state index < -0.39 is 0 Å². The minimum absolute atomic E-state index is 0.0811. The smallest absolute Gasteiger partial charge is 0.306 e. The molecule has 0 saturated heterocycles. The van der Waals surface area contributed by atoms with Crippen molar-refractivity contribution in [3.8, 4) is 0 Å². The van der Waals surface area contributed by atoms with E-state index in [1.807, 2.05) is 6.07 Å². The van der Waals surface area contributed by atoms with Crippen LogP contribution in [0, 0.1) is 0 Å². The third kappa shape index (κ3) is 3.06. The van der Waals surface area contributed by atoms with Gasteiger partial charge in [-0.15, -0.1) is 0 Å². The van der Waals surface area contributed by atoms with Gasteiger partial charge in [-0.3, -0.25) is 4.79 Å². The Balaban J connectivity index is 1.91. The quantitative estimate of drug-likeness (QED) is 0.849. The van der Waals surface area contributed by atoms with E-state index in [0.29, 0.717) is 11.7 Å². The molecule has 1 aliphatic rings. The van der Waals surface area contributed by atoms with Crippen molar-refractivity contribution in [1.82, 2.24) is 0 Å². The van der Waals surface area contributed by atoms with Crippen LogP contribution < -0.4 is 5.73 Å². The van der Waals surface area contributed by atoms with Crippen molar-refractivity contribution in [2.24, 2.45) is 5.73 Å². The van der Waals surface area contributed by atoms with E-state index in [2.05, 4.69) is 22.9 Å². The maximum absolute atomic E-state index is 11.1. The Bertz CT molecular complexity index is 422. The molecule has 0 spiro atoms. The van der Waals surface area contributed by atoms with Crippen molar-refractivity contribution in [2.45, 2.75) is 30.6 Å². The Labute approximate surface area is 112 Å². The van der Waals surface area contributed by atoms with Gasteiger partial charge in [-0.2, -0.15) is 11.8 Å². The molecule has 1 aromatic rings. The monoisotopic (exact) mass is 265 g/mol. The number of ether oxygens (including phenoxy) is 1. The summed E-state index contributed by atoms with van der Waals surface area (Å²) in [6.07, 6.45) is 2.63. The van der Waals surface area contributed by atoms with E-state index in [0.717, 1.165) is 18.6 Å². The van der Waals surface area contributed by atoms with Gasteiger partial charge >= 0.3 is 5.97 Å². The molecule has 18 heavy (non-hydrogen) atoms. The molecule has 3 nitrogen and oxygen atoms in total. The molecule has 2 atom stereocenters. The Morgan fingerprint density at radius 1 is 1.50 bits per heavy atom. The molecule has 0 amide bonds. The molecular weight excluding hydrogens is 246 g/mol. The lowest BCUT2D eigenvalue weighted by Crippen LogP contribution is -2.29. The third-order valence-electron chi connectivity index (χ3n) is 3.38. The van der Waals surface area contributed by atoms with Crippen LogP contribution in [0.25, 0.3) is 0 Å². The number of rotatable bonds is 4. The molecule has 0 radical (unpaired) electrons. The number of hydrogen-bond donors (Lipinski definition) is 1. The van der Waals surface area contributed by atoms with Crippen LogP contribution in [0.15, 0.2) is 24.3 Å². The van der Waals surface area contributed by atoms with E-state index in [4.69, 9.17) is 5.73 Å². The van der Waals surface area contributed by atoms with Crippen LogP contribution in [-0.2, 0) is 16.0 Å². The molecule has 4 heteroatoms. The lowest BCUT2D eigenvalue weighted by atomic mass is 9.88. The number of hydrogen-bond acceptors (Lipinski definition) is 4. The molecule has 0 bridgehead atoms. The van der Waals surface area contributed by atoms with Crippen molar-refractivity contribution in [3.63, 3.8) is 0 Å². The zero-order chi connectivity index (χ0) is 13.0. The lowest BCUT2D eigenvalue weighted by Gasteiger charge is -2.30. The predicted molar refractivity (Wildman–Crippen MR) is 74.6 cm³/mol. The van der Waals surface area contributed by atoms with E-state index in [-0.39, 0.29) is 12.0 Å². The Morgan fingerprint density at radius 2 is 2.28 bits per heavy atom. The van der Waals surface area contributed by atoms with Gasteiger partial charge in [0.1, 0.15) is 0 Å². The van der Waals surface area contributed by atoms with Crippen LogP contribution in [0.5, 0.6) is 0 Å². The highest BCUT2D eigenvalue weighted by atomic mass is 32.2. The Hall–Kier alpha value is -1.00. The van der Waals surface area contributed by atoms with Crippen LogP contribution in [0.3, 0.4) is 0 Å². The van der Waals surface area contributed by atoms with Crippen LogP contribution in [0.2, 0.25) is 0 Å². The van der Waals surface area contributed by atoms with E-state index in [1.54, 1.807) is 11.8 Å². The van der Waals surface area contributed by atoms with E-state index in [1.165, 1.54) is 18.2 Å². The summed E-state index contributed by atoms with van der Waals surface area (Å²) in [7, 11) is 1.43. The molecule has 2 rings (SSSR count). The SMILES string of the molecule is COC(=O)CCSC1CCc2ccccc2C1N. The van der Waals surface area contributed by atoms with E-state index in [9.17, 15) is 4.79 Å². The summed E-state index contributed by atoms with van der Waals surface area (Å²) in [6.45, 7) is 0. The number of carbonyl (C=O) groups excluding carboxylic acids is 1. The van der Waals surface area contributed by atoms with Crippen LogP contribution in [0.1, 0.15) is 30.0 Å². The number of esters is 1. The molecule has 0 saturated carbocycles. The summed E-state index contributed by atoms with van der Waals surface area (Å²) < 4.78 is 4.64. The summed E-state index contributed by atoms with van der Waals surface area (Å²) >= 11 is 1.79. The van der Waals surface area contributed by atoms with Gasteiger partial charge in [0.05, 0.1) is 13.5 Å².